The van der Waals surface area contributed by atoms with Crippen LogP contribution < -0.4 is 0 Å². The Morgan fingerprint density at radius 1 is 1.08 bits per heavy atom. The van der Waals surface area contributed by atoms with Crippen molar-refractivity contribution in [3.05, 3.63) is 35.7 Å². The van der Waals surface area contributed by atoms with E-state index >= 15 is 0 Å². The predicted molar refractivity (Wildman–Crippen MR) is 85.4 cm³/mol. The van der Waals surface area contributed by atoms with Crippen LogP contribution in [0.25, 0.3) is 5.69 Å². The van der Waals surface area contributed by atoms with E-state index in [1.54, 1.807) is 0 Å². The van der Waals surface area contributed by atoms with Crippen LogP contribution >= 0.6 is 34.9 Å². The lowest BCUT2D eigenvalue weighted by atomic mass is 10.2. The third-order valence-corrected chi connectivity index (χ3v) is 5.89. The maximum Gasteiger partial charge on any atom is 0.416 e. The standard InChI is InChI=1S/C12H9F3N6S3/c1-22-10-17-18-11(24-10)23-6-9-16-19-20-21(9)8-4-2-7(3-5-8)12(13,14)15/h2-5H,6H2,1H3. The molecule has 0 aliphatic rings. The maximum atomic E-state index is 12.6. The van der Waals surface area contributed by atoms with Crippen molar-refractivity contribution >= 4 is 34.9 Å². The number of nitrogens with zero attached hydrogens (tertiary/aromatic N) is 6. The van der Waals surface area contributed by atoms with Crippen LogP contribution in [-0.2, 0) is 11.9 Å². The molecule has 1 aromatic carbocycles. The number of halogens is 3. The largest absolute Gasteiger partial charge is 0.416 e. The van der Waals surface area contributed by atoms with Crippen LogP contribution in [0.3, 0.4) is 0 Å². The molecule has 0 saturated carbocycles. The molecule has 126 valence electrons. The maximum absolute atomic E-state index is 12.6. The Bertz CT molecular complexity index is 814. The average Bonchev–Trinajstić information content (AvgIpc) is 3.21. The Kier molecular flexibility index (Phi) is 5.06. The van der Waals surface area contributed by atoms with E-state index in [2.05, 4.69) is 25.7 Å². The predicted octanol–water partition coefficient (Wildman–Crippen LogP) is 3.55. The van der Waals surface area contributed by atoms with Crippen LogP contribution in [0.1, 0.15) is 11.4 Å². The lowest BCUT2D eigenvalue weighted by molar-refractivity contribution is -0.137. The van der Waals surface area contributed by atoms with Gasteiger partial charge in [-0.15, -0.1) is 15.3 Å². The molecule has 0 radical (unpaired) electrons. The molecular weight excluding hydrogens is 381 g/mol. The van der Waals surface area contributed by atoms with Crippen molar-refractivity contribution in [2.45, 2.75) is 20.6 Å². The molecule has 0 N–H and O–H groups in total. The third kappa shape index (κ3) is 3.87. The van der Waals surface area contributed by atoms with E-state index in [0.717, 1.165) is 20.8 Å². The lowest BCUT2D eigenvalue weighted by Crippen LogP contribution is -2.06. The number of aromatic nitrogens is 6. The van der Waals surface area contributed by atoms with E-state index in [-0.39, 0.29) is 0 Å². The molecule has 0 fully saturated rings. The molecule has 2 aromatic heterocycles. The highest BCUT2D eigenvalue weighted by Crippen LogP contribution is 2.31. The van der Waals surface area contributed by atoms with Crippen LogP contribution in [0.4, 0.5) is 13.2 Å². The van der Waals surface area contributed by atoms with Gasteiger partial charge >= 0.3 is 6.18 Å². The summed E-state index contributed by atoms with van der Waals surface area (Å²) in [5, 5.41) is 19.4. The fourth-order valence-corrected chi connectivity index (χ4v) is 4.10. The number of tetrazole rings is 1. The summed E-state index contributed by atoms with van der Waals surface area (Å²) in [7, 11) is 0. The molecule has 6 nitrogen and oxygen atoms in total. The SMILES string of the molecule is CSc1nnc(SCc2nnnn2-c2ccc(C(F)(F)F)cc2)s1. The summed E-state index contributed by atoms with van der Waals surface area (Å²) in [5.41, 5.74) is -0.251. The first kappa shape index (κ1) is 17.2. The molecule has 0 aliphatic carbocycles. The van der Waals surface area contributed by atoms with Gasteiger partial charge in [0.15, 0.2) is 14.5 Å². The summed E-state index contributed by atoms with van der Waals surface area (Å²) in [6.07, 6.45) is -2.45. The summed E-state index contributed by atoms with van der Waals surface area (Å²) in [6, 6.07) is 4.68. The van der Waals surface area contributed by atoms with Gasteiger partial charge < -0.3 is 0 Å². The van der Waals surface area contributed by atoms with Gasteiger partial charge in [-0.3, -0.25) is 0 Å². The van der Waals surface area contributed by atoms with Crippen LogP contribution in [0.2, 0.25) is 0 Å². The summed E-state index contributed by atoms with van der Waals surface area (Å²) < 4.78 is 40.9. The minimum Gasteiger partial charge on any atom is -0.196 e. The molecule has 24 heavy (non-hydrogen) atoms. The average molecular weight is 390 g/mol. The van der Waals surface area contributed by atoms with Crippen LogP contribution in [-0.4, -0.2) is 36.7 Å². The lowest BCUT2D eigenvalue weighted by Gasteiger charge is -2.08. The van der Waals surface area contributed by atoms with Gasteiger partial charge in [0, 0.05) is 0 Å². The second kappa shape index (κ2) is 7.07. The van der Waals surface area contributed by atoms with Gasteiger partial charge in [-0.05, 0) is 40.9 Å². The van der Waals surface area contributed by atoms with Crippen LogP contribution in [0.5, 0.6) is 0 Å². The normalized spacial score (nSPS) is 11.8. The molecule has 3 rings (SSSR count). The molecule has 0 saturated heterocycles. The summed E-state index contributed by atoms with van der Waals surface area (Å²) in [4.78, 5) is 0. The van der Waals surface area contributed by atoms with Crippen molar-refractivity contribution in [3.63, 3.8) is 0 Å². The molecule has 0 aliphatic heterocycles. The van der Waals surface area contributed by atoms with Gasteiger partial charge in [0.2, 0.25) is 0 Å². The second-order valence-electron chi connectivity index (χ2n) is 4.38. The highest BCUT2D eigenvalue weighted by molar-refractivity contribution is 8.02. The monoisotopic (exact) mass is 390 g/mol. The van der Waals surface area contributed by atoms with Gasteiger partial charge in [-0.1, -0.05) is 34.9 Å². The number of benzene rings is 1. The Hall–Kier alpha value is -1.66. The Morgan fingerprint density at radius 3 is 2.42 bits per heavy atom. The molecule has 12 heteroatoms. The first-order valence-electron chi connectivity index (χ1n) is 6.42. The third-order valence-electron chi connectivity index (χ3n) is 2.86. The van der Waals surface area contributed by atoms with E-state index in [9.17, 15) is 13.2 Å². The zero-order valence-electron chi connectivity index (χ0n) is 12.1. The number of thioether (sulfide) groups is 2. The molecule has 0 unspecified atom stereocenters. The number of alkyl halides is 3. The number of rotatable bonds is 5. The highest BCUT2D eigenvalue weighted by Gasteiger charge is 2.30. The van der Waals surface area contributed by atoms with Gasteiger partial charge in [-0.25, -0.2) is 0 Å². The summed E-state index contributed by atoms with van der Waals surface area (Å²) in [5.74, 6) is 0.942. The van der Waals surface area contributed by atoms with Crippen LogP contribution in [0.15, 0.2) is 32.9 Å². The molecule has 0 spiro atoms. The second-order valence-corrected chi connectivity index (χ2v) is 7.63. The minimum atomic E-state index is -4.37. The smallest absolute Gasteiger partial charge is 0.196 e. The van der Waals surface area contributed by atoms with Gasteiger partial charge in [0.05, 0.1) is 17.0 Å². The van der Waals surface area contributed by atoms with Gasteiger partial charge in [0.1, 0.15) is 0 Å². The zero-order chi connectivity index (χ0) is 17.2. The van der Waals surface area contributed by atoms with Crippen molar-refractivity contribution in [2.75, 3.05) is 6.26 Å². The topological polar surface area (TPSA) is 69.4 Å². The molecule has 0 bridgehead atoms. The molecule has 2 heterocycles. The Morgan fingerprint density at radius 2 is 1.79 bits per heavy atom. The highest BCUT2D eigenvalue weighted by atomic mass is 32.2. The molecule has 0 atom stereocenters. The van der Waals surface area contributed by atoms with E-state index in [1.807, 2.05) is 6.26 Å². The fourth-order valence-electron chi connectivity index (χ4n) is 1.75. The van der Waals surface area contributed by atoms with Crippen molar-refractivity contribution in [2.24, 2.45) is 0 Å². The molecule has 3 aromatic rings. The van der Waals surface area contributed by atoms with Crippen molar-refractivity contribution < 1.29 is 13.2 Å². The van der Waals surface area contributed by atoms with E-state index in [1.165, 1.54) is 51.7 Å². The number of hydrogen-bond acceptors (Lipinski definition) is 8. The Labute approximate surface area is 146 Å². The summed E-state index contributed by atoms with van der Waals surface area (Å²) >= 11 is 4.39. The minimum absolute atomic E-state index is 0.428. The first-order valence-corrected chi connectivity index (χ1v) is 9.45. The molecule has 0 amide bonds. The van der Waals surface area contributed by atoms with Gasteiger partial charge in [-0.2, -0.15) is 17.9 Å². The van der Waals surface area contributed by atoms with E-state index in [0.29, 0.717) is 17.3 Å². The van der Waals surface area contributed by atoms with Crippen molar-refractivity contribution in [1.29, 1.82) is 0 Å². The van der Waals surface area contributed by atoms with Crippen molar-refractivity contribution in [3.8, 4) is 5.69 Å². The quantitative estimate of drug-likeness (QED) is 0.617. The first-order chi connectivity index (χ1) is 11.5. The molecular formula is C12H9F3N6S3. The van der Waals surface area contributed by atoms with Crippen LogP contribution in [0, 0.1) is 0 Å². The van der Waals surface area contributed by atoms with Crippen molar-refractivity contribution in [1.82, 2.24) is 30.4 Å². The summed E-state index contributed by atoms with van der Waals surface area (Å²) in [6.45, 7) is 0. The fraction of sp³-hybridized carbons (Fsp3) is 0.250. The van der Waals surface area contributed by atoms with Gasteiger partial charge in [0.25, 0.3) is 0 Å². The number of hydrogen-bond donors (Lipinski definition) is 0. The van der Waals surface area contributed by atoms with E-state index in [4.69, 9.17) is 0 Å². The Balaban J connectivity index is 1.75. The zero-order valence-corrected chi connectivity index (χ0v) is 14.5. The van der Waals surface area contributed by atoms with E-state index < -0.39 is 11.7 Å².